The highest BCUT2D eigenvalue weighted by molar-refractivity contribution is 5.81. The Hall–Kier alpha value is -3.72. The molecule has 1 atom stereocenters. The number of hydrogen-bond donors (Lipinski definition) is 0. The van der Waals surface area contributed by atoms with Crippen molar-refractivity contribution in [3.8, 4) is 5.75 Å². The van der Waals surface area contributed by atoms with Gasteiger partial charge in [-0.1, -0.05) is 42.5 Å². The van der Waals surface area contributed by atoms with Crippen molar-refractivity contribution in [3.05, 3.63) is 65.7 Å². The van der Waals surface area contributed by atoms with Crippen molar-refractivity contribution in [2.75, 3.05) is 39.9 Å². The lowest BCUT2D eigenvalue weighted by Crippen LogP contribution is -2.57. The number of esters is 2. The maximum absolute atomic E-state index is 12.8. The van der Waals surface area contributed by atoms with Crippen molar-refractivity contribution in [1.29, 1.82) is 0 Å². The van der Waals surface area contributed by atoms with Gasteiger partial charge in [0.1, 0.15) is 24.7 Å². The highest BCUT2D eigenvalue weighted by Crippen LogP contribution is 2.16. The number of rotatable bonds is 14. The molecule has 1 aliphatic rings. The Bertz CT molecular complexity index is 1090. The van der Waals surface area contributed by atoms with E-state index in [2.05, 4.69) is 0 Å². The molecule has 0 N–H and O–H groups in total. The number of methoxy groups -OCH3 is 1. The van der Waals surface area contributed by atoms with Crippen LogP contribution in [0.2, 0.25) is 0 Å². The predicted molar refractivity (Wildman–Crippen MR) is 145 cm³/mol. The van der Waals surface area contributed by atoms with E-state index in [0.29, 0.717) is 38.9 Å². The van der Waals surface area contributed by atoms with Crippen molar-refractivity contribution >= 4 is 23.6 Å². The zero-order valence-electron chi connectivity index (χ0n) is 22.8. The smallest absolute Gasteiger partial charge is 0.306 e. The molecular formula is C30H38N2O7. The highest BCUT2D eigenvalue weighted by Gasteiger charge is 2.31. The monoisotopic (exact) mass is 538 g/mol. The minimum Gasteiger partial charge on any atom is -0.497 e. The maximum atomic E-state index is 12.8. The average Bonchev–Trinajstić information content (AvgIpc) is 2.95. The van der Waals surface area contributed by atoms with Crippen LogP contribution < -0.4 is 4.74 Å². The number of ether oxygens (including phenoxy) is 3. The minimum atomic E-state index is -0.404. The first-order valence-corrected chi connectivity index (χ1v) is 13.3. The van der Waals surface area contributed by atoms with Gasteiger partial charge in [0.05, 0.1) is 19.7 Å². The molecule has 0 aliphatic carbocycles. The van der Waals surface area contributed by atoms with Crippen LogP contribution in [0.4, 0.5) is 0 Å². The molecule has 3 rings (SSSR count). The van der Waals surface area contributed by atoms with E-state index in [4.69, 9.17) is 14.2 Å². The highest BCUT2D eigenvalue weighted by atomic mass is 16.5. The van der Waals surface area contributed by atoms with Crippen LogP contribution in [0.5, 0.6) is 5.75 Å². The van der Waals surface area contributed by atoms with E-state index < -0.39 is 5.97 Å². The Morgan fingerprint density at radius 1 is 0.872 bits per heavy atom. The molecule has 0 saturated carbocycles. The number of nitrogens with zero attached hydrogens (tertiary/aromatic N) is 2. The summed E-state index contributed by atoms with van der Waals surface area (Å²) in [5.74, 6) is 0.0565. The summed E-state index contributed by atoms with van der Waals surface area (Å²) in [5.41, 5.74) is 1.97. The van der Waals surface area contributed by atoms with E-state index in [1.54, 1.807) is 12.0 Å². The van der Waals surface area contributed by atoms with Crippen LogP contribution >= 0.6 is 0 Å². The van der Waals surface area contributed by atoms with Crippen LogP contribution in [0, 0.1) is 0 Å². The Morgan fingerprint density at radius 2 is 1.62 bits per heavy atom. The van der Waals surface area contributed by atoms with E-state index >= 15 is 0 Å². The number of ketones is 1. The van der Waals surface area contributed by atoms with Gasteiger partial charge in [-0.3, -0.25) is 24.1 Å². The second-order valence-electron chi connectivity index (χ2n) is 9.65. The lowest BCUT2D eigenvalue weighted by atomic mass is 10.1. The van der Waals surface area contributed by atoms with Crippen molar-refractivity contribution in [3.63, 3.8) is 0 Å². The number of carbonyl (C=O) groups is 4. The van der Waals surface area contributed by atoms with E-state index in [1.807, 2.05) is 59.5 Å². The number of amides is 1. The van der Waals surface area contributed by atoms with Gasteiger partial charge >= 0.3 is 11.9 Å². The molecule has 0 spiro atoms. The lowest BCUT2D eigenvalue weighted by Gasteiger charge is -2.40. The van der Waals surface area contributed by atoms with Crippen LogP contribution in [0.1, 0.15) is 43.7 Å². The summed E-state index contributed by atoms with van der Waals surface area (Å²) in [6, 6.07) is 16.8. The zero-order valence-corrected chi connectivity index (χ0v) is 22.8. The Morgan fingerprint density at radius 3 is 2.31 bits per heavy atom. The van der Waals surface area contributed by atoms with E-state index in [1.165, 1.54) is 6.92 Å². The molecular weight excluding hydrogens is 500 g/mol. The fraction of sp³-hybridized carbons (Fsp3) is 0.467. The van der Waals surface area contributed by atoms with Crippen LogP contribution in [0.3, 0.4) is 0 Å². The third-order valence-corrected chi connectivity index (χ3v) is 6.68. The summed E-state index contributed by atoms with van der Waals surface area (Å²) < 4.78 is 15.7. The third kappa shape index (κ3) is 10.5. The molecule has 2 aromatic carbocycles. The molecule has 1 saturated heterocycles. The molecule has 1 aliphatic heterocycles. The normalized spacial score (nSPS) is 15.4. The molecule has 210 valence electrons. The van der Waals surface area contributed by atoms with Gasteiger partial charge in [-0.2, -0.15) is 0 Å². The SMILES string of the molecule is COc1ccc(CCC(=O)CN2CCN(C(=O)CCCC(=O)OCc3ccccc3)CC2COC(C)=O)cc1. The van der Waals surface area contributed by atoms with Gasteiger partial charge in [0.25, 0.3) is 0 Å². The second kappa shape index (κ2) is 15.6. The summed E-state index contributed by atoms with van der Waals surface area (Å²) in [4.78, 5) is 52.8. The number of piperazine rings is 1. The van der Waals surface area contributed by atoms with E-state index in [-0.39, 0.29) is 56.3 Å². The first-order chi connectivity index (χ1) is 18.8. The number of benzene rings is 2. The van der Waals surface area contributed by atoms with Crippen LogP contribution in [-0.4, -0.2) is 79.4 Å². The van der Waals surface area contributed by atoms with E-state index in [9.17, 15) is 19.2 Å². The largest absolute Gasteiger partial charge is 0.497 e. The molecule has 0 bridgehead atoms. The maximum Gasteiger partial charge on any atom is 0.306 e. The van der Waals surface area contributed by atoms with Crippen LogP contribution in [0.25, 0.3) is 0 Å². The summed E-state index contributed by atoms with van der Waals surface area (Å²) in [6.07, 6.45) is 1.81. The Balaban J connectivity index is 1.43. The van der Waals surface area contributed by atoms with Gasteiger partial charge in [0.15, 0.2) is 0 Å². The summed E-state index contributed by atoms with van der Waals surface area (Å²) >= 11 is 0. The third-order valence-electron chi connectivity index (χ3n) is 6.68. The number of carbonyl (C=O) groups excluding carboxylic acids is 4. The van der Waals surface area contributed by atoms with Crippen molar-refractivity contribution in [2.24, 2.45) is 0 Å². The van der Waals surface area contributed by atoms with Gasteiger partial charge < -0.3 is 19.1 Å². The fourth-order valence-electron chi connectivity index (χ4n) is 4.43. The molecule has 2 aromatic rings. The van der Waals surface area contributed by atoms with E-state index in [0.717, 1.165) is 16.9 Å². The molecule has 1 amide bonds. The Labute approximate surface area is 230 Å². The molecule has 1 unspecified atom stereocenters. The molecule has 0 aromatic heterocycles. The summed E-state index contributed by atoms with van der Waals surface area (Å²) in [6.45, 7) is 3.23. The van der Waals surface area contributed by atoms with Gasteiger partial charge in [-0.05, 0) is 36.1 Å². The lowest BCUT2D eigenvalue weighted by molar-refractivity contribution is -0.145. The Kier molecular flexibility index (Phi) is 12.0. The van der Waals surface area contributed by atoms with Gasteiger partial charge in [0.2, 0.25) is 5.91 Å². The first-order valence-electron chi connectivity index (χ1n) is 13.3. The first kappa shape index (κ1) is 29.8. The minimum absolute atomic E-state index is 0.0656. The zero-order chi connectivity index (χ0) is 28.0. The second-order valence-corrected chi connectivity index (χ2v) is 9.65. The van der Waals surface area contributed by atoms with Crippen LogP contribution in [0.15, 0.2) is 54.6 Å². The molecule has 1 heterocycles. The van der Waals surface area contributed by atoms with Gasteiger partial charge in [-0.15, -0.1) is 0 Å². The fourth-order valence-corrected chi connectivity index (χ4v) is 4.43. The van der Waals surface area contributed by atoms with Crippen molar-refractivity contribution in [1.82, 2.24) is 9.80 Å². The molecule has 9 nitrogen and oxygen atoms in total. The standard InChI is InChI=1S/C30H38N2O7/c1-23(33)38-22-26-19-32(29(35)9-6-10-30(36)39-21-25-7-4-3-5-8-25)18-17-31(26)20-27(34)14-11-24-12-15-28(37-2)16-13-24/h3-5,7-8,12-13,15-16,26H,6,9-11,14,17-22H2,1-2H3. The number of hydrogen-bond acceptors (Lipinski definition) is 8. The number of aryl methyl sites for hydroxylation is 1. The number of Topliss-reactive ketones (excluding diaryl/α,β-unsaturated/α-hetero) is 1. The molecule has 0 radical (unpaired) electrons. The van der Waals surface area contributed by atoms with Gasteiger partial charge in [0, 0.05) is 45.8 Å². The molecule has 1 fully saturated rings. The van der Waals surface area contributed by atoms with Crippen molar-refractivity contribution in [2.45, 2.75) is 51.7 Å². The molecule has 9 heteroatoms. The quantitative estimate of drug-likeness (QED) is 0.338. The topological polar surface area (TPSA) is 102 Å². The summed E-state index contributed by atoms with van der Waals surface area (Å²) in [5, 5.41) is 0. The van der Waals surface area contributed by atoms with Crippen LogP contribution in [-0.2, 0) is 41.7 Å². The predicted octanol–water partition coefficient (Wildman–Crippen LogP) is 3.19. The average molecular weight is 539 g/mol. The summed E-state index contributed by atoms with van der Waals surface area (Å²) in [7, 11) is 1.61. The van der Waals surface area contributed by atoms with Crippen molar-refractivity contribution < 1.29 is 33.4 Å². The van der Waals surface area contributed by atoms with Gasteiger partial charge in [-0.25, -0.2) is 0 Å². The molecule has 39 heavy (non-hydrogen) atoms.